The van der Waals surface area contributed by atoms with Crippen LogP contribution in [0, 0.1) is 0 Å². The van der Waals surface area contributed by atoms with Crippen LogP contribution >= 0.6 is 0 Å². The zero-order chi connectivity index (χ0) is 7.90. The van der Waals surface area contributed by atoms with Gasteiger partial charge in [0.1, 0.15) is 0 Å². The van der Waals surface area contributed by atoms with Crippen molar-refractivity contribution in [2.24, 2.45) is 4.99 Å². The predicted octanol–water partition coefficient (Wildman–Crippen LogP) is 1.21. The summed E-state index contributed by atoms with van der Waals surface area (Å²) in [5, 5.41) is 0. The topological polar surface area (TPSA) is 15.6 Å². The Hall–Kier alpha value is -1.05. The molecule has 0 radical (unpaired) electrons. The van der Waals surface area contributed by atoms with Crippen molar-refractivity contribution in [2.75, 3.05) is 7.05 Å². The van der Waals surface area contributed by atoms with E-state index in [0.29, 0.717) is 6.04 Å². The molecular weight excluding hydrogens is 136 g/mol. The third kappa shape index (κ3) is 0.754. The van der Waals surface area contributed by atoms with Gasteiger partial charge in [-0.25, -0.2) is 0 Å². The lowest BCUT2D eigenvalue weighted by Crippen LogP contribution is -2.45. The van der Waals surface area contributed by atoms with Crippen molar-refractivity contribution < 1.29 is 0 Å². The molecule has 0 N–H and O–H groups in total. The maximum Gasteiger partial charge on any atom is 0.0965 e. The van der Waals surface area contributed by atoms with E-state index < -0.39 is 0 Å². The molecule has 2 atom stereocenters. The normalized spacial score (nSPS) is 39.8. The molecule has 1 aliphatic heterocycles. The third-order valence-electron chi connectivity index (χ3n) is 2.60. The summed E-state index contributed by atoms with van der Waals surface area (Å²) in [6.07, 6.45) is 10.4. The molecule has 0 aromatic carbocycles. The van der Waals surface area contributed by atoms with E-state index in [1.54, 1.807) is 0 Å². The molecule has 0 aromatic rings. The molecule has 58 valence electrons. The van der Waals surface area contributed by atoms with Crippen molar-refractivity contribution in [3.05, 3.63) is 24.3 Å². The fourth-order valence-corrected chi connectivity index (χ4v) is 1.54. The van der Waals surface area contributed by atoms with Gasteiger partial charge in [-0.2, -0.15) is 0 Å². The van der Waals surface area contributed by atoms with E-state index >= 15 is 0 Å². The summed E-state index contributed by atoms with van der Waals surface area (Å²) in [6, 6.07) is 0.317. The summed E-state index contributed by atoms with van der Waals surface area (Å²) in [7, 11) is 2.06. The number of likely N-dealkylation sites (N-methyl/N-ethyl adjacent to an activating group) is 1. The van der Waals surface area contributed by atoms with Crippen LogP contribution in [0.4, 0.5) is 0 Å². The fourth-order valence-electron chi connectivity index (χ4n) is 1.54. The molecule has 2 nitrogen and oxygen atoms in total. The van der Waals surface area contributed by atoms with Gasteiger partial charge in [-0.3, -0.25) is 4.99 Å². The lowest BCUT2D eigenvalue weighted by molar-refractivity contribution is 0.306. The Kier molecular flexibility index (Phi) is 1.19. The number of hydrogen-bond acceptors (Lipinski definition) is 2. The Morgan fingerprint density at radius 1 is 1.45 bits per heavy atom. The molecule has 0 bridgehead atoms. The Labute approximate surface area is 66.9 Å². The van der Waals surface area contributed by atoms with Gasteiger partial charge in [0.15, 0.2) is 0 Å². The molecule has 0 fully saturated rings. The molecule has 2 rings (SSSR count). The number of hydrogen-bond donors (Lipinski definition) is 0. The van der Waals surface area contributed by atoms with E-state index in [4.69, 9.17) is 0 Å². The van der Waals surface area contributed by atoms with Crippen LogP contribution in [0.5, 0.6) is 0 Å². The van der Waals surface area contributed by atoms with Crippen LogP contribution in [0.3, 0.4) is 0 Å². The van der Waals surface area contributed by atoms with Crippen molar-refractivity contribution >= 4 is 6.34 Å². The molecule has 0 aromatic heterocycles. The second-order valence-electron chi connectivity index (χ2n) is 3.29. The van der Waals surface area contributed by atoms with Gasteiger partial charge < -0.3 is 4.90 Å². The number of rotatable bonds is 0. The molecule has 2 unspecified atom stereocenters. The molecule has 1 aliphatic carbocycles. The van der Waals surface area contributed by atoms with Gasteiger partial charge in [0.25, 0.3) is 0 Å². The van der Waals surface area contributed by atoms with Crippen LogP contribution in [-0.2, 0) is 0 Å². The van der Waals surface area contributed by atoms with Gasteiger partial charge >= 0.3 is 0 Å². The lowest BCUT2D eigenvalue weighted by Gasteiger charge is -2.34. The minimum Gasteiger partial charge on any atom is -0.355 e. The number of aliphatic imine (C=N–C) groups is 1. The summed E-state index contributed by atoms with van der Waals surface area (Å²) in [6.45, 7) is 2.20. The highest BCUT2D eigenvalue weighted by atomic mass is 15.3. The molecule has 2 aliphatic rings. The average molecular weight is 148 g/mol. The van der Waals surface area contributed by atoms with Crippen LogP contribution in [-0.4, -0.2) is 29.9 Å². The molecule has 0 spiro atoms. The highest BCUT2D eigenvalue weighted by Gasteiger charge is 2.37. The van der Waals surface area contributed by atoms with Gasteiger partial charge in [0.05, 0.1) is 17.9 Å². The Balaban J connectivity index is 2.39. The van der Waals surface area contributed by atoms with Crippen molar-refractivity contribution in [3.63, 3.8) is 0 Å². The standard InChI is InChI=1S/C9H12N2/c1-9-6-4-3-5-8(9)10-7-11(9)2/h3-8H,1-2H3. The fraction of sp³-hybridized carbons (Fsp3) is 0.444. The average Bonchev–Trinajstić information content (AvgIpc) is 2.29. The van der Waals surface area contributed by atoms with Crippen molar-refractivity contribution in [3.8, 4) is 0 Å². The lowest BCUT2D eigenvalue weighted by atomic mass is 9.89. The number of fused-ring (bicyclic) bond motifs is 1. The monoisotopic (exact) mass is 148 g/mol. The van der Waals surface area contributed by atoms with Gasteiger partial charge in [-0.1, -0.05) is 24.3 Å². The summed E-state index contributed by atoms with van der Waals surface area (Å²) in [4.78, 5) is 6.52. The van der Waals surface area contributed by atoms with Gasteiger partial charge in [-0.05, 0) is 6.92 Å². The molecule has 11 heavy (non-hydrogen) atoms. The first-order valence-corrected chi connectivity index (χ1v) is 3.86. The SMILES string of the molecule is CN1C=NC2C=CC=CC21C. The summed E-state index contributed by atoms with van der Waals surface area (Å²) in [5.41, 5.74) is 0.0920. The van der Waals surface area contributed by atoms with Crippen molar-refractivity contribution in [2.45, 2.75) is 18.5 Å². The highest BCUT2D eigenvalue weighted by Crippen LogP contribution is 2.29. The molecule has 0 saturated heterocycles. The minimum absolute atomic E-state index is 0.0920. The second kappa shape index (κ2) is 1.97. The van der Waals surface area contributed by atoms with Crippen LogP contribution in [0.25, 0.3) is 0 Å². The van der Waals surface area contributed by atoms with Crippen molar-refractivity contribution in [1.29, 1.82) is 0 Å². The Morgan fingerprint density at radius 2 is 2.27 bits per heavy atom. The zero-order valence-corrected chi connectivity index (χ0v) is 6.86. The van der Waals surface area contributed by atoms with Gasteiger partial charge in [0.2, 0.25) is 0 Å². The maximum atomic E-state index is 4.37. The van der Waals surface area contributed by atoms with Gasteiger partial charge in [-0.15, -0.1) is 0 Å². The van der Waals surface area contributed by atoms with Crippen molar-refractivity contribution in [1.82, 2.24) is 4.90 Å². The van der Waals surface area contributed by atoms with E-state index in [-0.39, 0.29) is 5.54 Å². The van der Waals surface area contributed by atoms with E-state index in [2.05, 4.69) is 48.2 Å². The quantitative estimate of drug-likeness (QED) is 0.504. The zero-order valence-electron chi connectivity index (χ0n) is 6.86. The Morgan fingerprint density at radius 3 is 3.00 bits per heavy atom. The minimum atomic E-state index is 0.0920. The largest absolute Gasteiger partial charge is 0.355 e. The summed E-state index contributed by atoms with van der Waals surface area (Å²) < 4.78 is 0. The number of allylic oxidation sites excluding steroid dienone is 2. The molecule has 0 amide bonds. The van der Waals surface area contributed by atoms with E-state index in [0.717, 1.165) is 0 Å². The van der Waals surface area contributed by atoms with E-state index in [9.17, 15) is 0 Å². The first-order chi connectivity index (χ1) is 5.23. The first kappa shape index (κ1) is 6.65. The van der Waals surface area contributed by atoms with Crippen LogP contribution in [0.1, 0.15) is 6.92 Å². The first-order valence-electron chi connectivity index (χ1n) is 3.86. The summed E-state index contributed by atoms with van der Waals surface area (Å²) >= 11 is 0. The third-order valence-corrected chi connectivity index (χ3v) is 2.60. The Bertz CT molecular complexity index is 252. The smallest absolute Gasteiger partial charge is 0.0965 e. The highest BCUT2D eigenvalue weighted by molar-refractivity contribution is 5.62. The predicted molar refractivity (Wildman–Crippen MR) is 46.7 cm³/mol. The molecular formula is C9H12N2. The molecule has 2 heteroatoms. The number of nitrogens with zero attached hydrogens (tertiary/aromatic N) is 2. The van der Waals surface area contributed by atoms with Crippen LogP contribution < -0.4 is 0 Å². The molecule has 0 saturated carbocycles. The maximum absolute atomic E-state index is 4.37. The van der Waals surface area contributed by atoms with Crippen LogP contribution in [0.15, 0.2) is 29.3 Å². The van der Waals surface area contributed by atoms with E-state index in [1.807, 2.05) is 6.34 Å². The molecule has 1 heterocycles. The summed E-state index contributed by atoms with van der Waals surface area (Å²) in [5.74, 6) is 0. The van der Waals surface area contributed by atoms with E-state index in [1.165, 1.54) is 0 Å². The second-order valence-corrected chi connectivity index (χ2v) is 3.29. The van der Waals surface area contributed by atoms with Gasteiger partial charge in [0, 0.05) is 7.05 Å². The van der Waals surface area contributed by atoms with Crippen LogP contribution in [0.2, 0.25) is 0 Å².